The van der Waals surface area contributed by atoms with Gasteiger partial charge < -0.3 is 24.3 Å². The molecule has 8 nitrogen and oxygen atoms in total. The third-order valence-electron chi connectivity index (χ3n) is 4.19. The van der Waals surface area contributed by atoms with Gasteiger partial charge in [-0.1, -0.05) is 23.7 Å². The molecule has 0 saturated carbocycles. The summed E-state index contributed by atoms with van der Waals surface area (Å²) in [4.78, 5) is 23.3. The van der Waals surface area contributed by atoms with E-state index < -0.39 is 11.9 Å². The molecule has 2 aromatic carbocycles. The summed E-state index contributed by atoms with van der Waals surface area (Å²) in [6.07, 6.45) is 1.41. The molecule has 2 N–H and O–H groups in total. The molecule has 0 atom stereocenters. The van der Waals surface area contributed by atoms with Crippen molar-refractivity contribution in [1.29, 1.82) is 5.26 Å². The van der Waals surface area contributed by atoms with Gasteiger partial charge in [-0.15, -0.1) is 0 Å². The normalized spacial score (nSPS) is 10.8. The second-order valence-corrected chi connectivity index (χ2v) is 6.84. The van der Waals surface area contributed by atoms with Gasteiger partial charge in [0.2, 0.25) is 5.76 Å². The maximum Gasteiger partial charge on any atom is 0.371 e. The number of carboxylic acids is 1. The van der Waals surface area contributed by atoms with Gasteiger partial charge in [0.1, 0.15) is 24.0 Å². The SMILES string of the molecule is COc1cc(/C=C(/C#N)C(=O)Nc2cccc(Cl)c2)ccc1OCc1ccc(C(=O)O)o1. The number of nitrogens with zero attached hydrogens (tertiary/aromatic N) is 1. The van der Waals surface area contributed by atoms with Crippen molar-refractivity contribution in [1.82, 2.24) is 0 Å². The van der Waals surface area contributed by atoms with E-state index in [1.165, 1.54) is 25.3 Å². The average molecular weight is 453 g/mol. The third kappa shape index (κ3) is 5.68. The first-order valence-electron chi connectivity index (χ1n) is 9.21. The Bertz CT molecular complexity index is 1230. The van der Waals surface area contributed by atoms with Crippen LogP contribution in [0.4, 0.5) is 5.69 Å². The minimum atomic E-state index is -1.17. The summed E-state index contributed by atoms with van der Waals surface area (Å²) in [5.41, 5.74) is 0.893. The number of furan rings is 1. The molecule has 32 heavy (non-hydrogen) atoms. The number of ether oxygens (including phenoxy) is 2. The van der Waals surface area contributed by atoms with Crippen LogP contribution in [-0.2, 0) is 11.4 Å². The first-order chi connectivity index (χ1) is 15.4. The van der Waals surface area contributed by atoms with Crippen molar-refractivity contribution in [2.24, 2.45) is 0 Å². The number of carbonyl (C=O) groups is 2. The van der Waals surface area contributed by atoms with Crippen LogP contribution in [0.3, 0.4) is 0 Å². The van der Waals surface area contributed by atoms with E-state index in [4.69, 9.17) is 30.6 Å². The molecule has 0 bridgehead atoms. The van der Waals surface area contributed by atoms with E-state index in [9.17, 15) is 14.9 Å². The second kappa shape index (κ2) is 10.2. The summed E-state index contributed by atoms with van der Waals surface area (Å²) >= 11 is 5.91. The van der Waals surface area contributed by atoms with Gasteiger partial charge in [-0.05, 0) is 54.1 Å². The minimum Gasteiger partial charge on any atom is -0.493 e. The minimum absolute atomic E-state index is 0.00961. The van der Waals surface area contributed by atoms with Crippen LogP contribution in [0.5, 0.6) is 11.5 Å². The van der Waals surface area contributed by atoms with E-state index >= 15 is 0 Å². The van der Waals surface area contributed by atoms with E-state index in [1.54, 1.807) is 42.5 Å². The zero-order valence-electron chi connectivity index (χ0n) is 16.8. The van der Waals surface area contributed by atoms with Crippen molar-refractivity contribution in [2.45, 2.75) is 6.61 Å². The summed E-state index contributed by atoms with van der Waals surface area (Å²) in [6.45, 7) is -0.00961. The monoisotopic (exact) mass is 452 g/mol. The summed E-state index contributed by atoms with van der Waals surface area (Å²) in [7, 11) is 1.45. The Morgan fingerprint density at radius 2 is 2.00 bits per heavy atom. The number of anilines is 1. The number of nitriles is 1. The van der Waals surface area contributed by atoms with Crippen LogP contribution < -0.4 is 14.8 Å². The number of benzene rings is 2. The number of rotatable bonds is 8. The lowest BCUT2D eigenvalue weighted by Crippen LogP contribution is -2.13. The van der Waals surface area contributed by atoms with Crippen LogP contribution in [0.15, 0.2) is 64.6 Å². The fourth-order valence-corrected chi connectivity index (χ4v) is 2.88. The first-order valence-corrected chi connectivity index (χ1v) is 9.59. The summed E-state index contributed by atoms with van der Waals surface area (Å²) in [6, 6.07) is 16.2. The van der Waals surface area contributed by atoms with Gasteiger partial charge in [0.25, 0.3) is 5.91 Å². The van der Waals surface area contributed by atoms with Crippen LogP contribution in [0.2, 0.25) is 5.02 Å². The maximum atomic E-state index is 12.4. The molecule has 0 aliphatic heterocycles. The zero-order valence-corrected chi connectivity index (χ0v) is 17.6. The molecule has 0 fully saturated rings. The predicted octanol–water partition coefficient (Wildman–Crippen LogP) is 4.76. The molecule has 0 aliphatic carbocycles. The summed E-state index contributed by atoms with van der Waals surface area (Å²) in [5, 5.41) is 21.4. The van der Waals surface area contributed by atoms with E-state index in [0.29, 0.717) is 33.5 Å². The number of amides is 1. The summed E-state index contributed by atoms with van der Waals surface area (Å²) < 4.78 is 16.1. The fourth-order valence-electron chi connectivity index (χ4n) is 2.69. The average Bonchev–Trinajstić information content (AvgIpc) is 3.25. The smallest absolute Gasteiger partial charge is 0.371 e. The maximum absolute atomic E-state index is 12.4. The van der Waals surface area contributed by atoms with Crippen molar-refractivity contribution < 1.29 is 28.6 Å². The Hall–Kier alpha value is -4.22. The van der Waals surface area contributed by atoms with E-state index in [2.05, 4.69) is 5.32 Å². The topological polar surface area (TPSA) is 122 Å². The van der Waals surface area contributed by atoms with E-state index in [1.807, 2.05) is 6.07 Å². The van der Waals surface area contributed by atoms with Crippen LogP contribution in [0, 0.1) is 11.3 Å². The molecule has 1 heterocycles. The first kappa shape index (κ1) is 22.5. The van der Waals surface area contributed by atoms with Gasteiger partial charge in [-0.25, -0.2) is 4.79 Å². The Kier molecular flexibility index (Phi) is 7.16. The lowest BCUT2D eigenvalue weighted by Gasteiger charge is -2.11. The molecule has 9 heteroatoms. The number of halogens is 1. The van der Waals surface area contributed by atoms with Gasteiger partial charge in [0, 0.05) is 10.7 Å². The Morgan fingerprint density at radius 1 is 1.19 bits per heavy atom. The predicted molar refractivity (Wildman–Crippen MR) is 117 cm³/mol. The van der Waals surface area contributed by atoms with Crippen LogP contribution in [0.25, 0.3) is 6.08 Å². The van der Waals surface area contributed by atoms with Crippen LogP contribution >= 0.6 is 11.6 Å². The molecule has 0 spiro atoms. The van der Waals surface area contributed by atoms with Gasteiger partial charge >= 0.3 is 5.97 Å². The summed E-state index contributed by atoms with van der Waals surface area (Å²) in [5.74, 6) is -0.871. The molecular formula is C23H17ClN2O6. The van der Waals surface area contributed by atoms with E-state index in [-0.39, 0.29) is 17.9 Å². The van der Waals surface area contributed by atoms with Crippen LogP contribution in [0.1, 0.15) is 21.9 Å². The lowest BCUT2D eigenvalue weighted by molar-refractivity contribution is -0.112. The molecule has 0 radical (unpaired) electrons. The highest BCUT2D eigenvalue weighted by Gasteiger charge is 2.13. The van der Waals surface area contributed by atoms with Gasteiger partial charge in [0.05, 0.1) is 7.11 Å². The number of hydrogen-bond donors (Lipinski definition) is 2. The molecule has 0 unspecified atom stereocenters. The molecule has 3 aromatic rings. The highest BCUT2D eigenvalue weighted by atomic mass is 35.5. The number of nitrogens with one attached hydrogen (secondary N) is 1. The highest BCUT2D eigenvalue weighted by molar-refractivity contribution is 6.31. The van der Waals surface area contributed by atoms with Crippen molar-refractivity contribution in [2.75, 3.05) is 12.4 Å². The number of methoxy groups -OCH3 is 1. The fraction of sp³-hybridized carbons (Fsp3) is 0.0870. The van der Waals surface area contributed by atoms with Gasteiger partial charge in [-0.2, -0.15) is 5.26 Å². The molecule has 1 aromatic heterocycles. The lowest BCUT2D eigenvalue weighted by atomic mass is 10.1. The molecule has 0 aliphatic rings. The van der Waals surface area contributed by atoms with Crippen molar-refractivity contribution in [3.63, 3.8) is 0 Å². The highest BCUT2D eigenvalue weighted by Crippen LogP contribution is 2.30. The largest absolute Gasteiger partial charge is 0.493 e. The number of hydrogen-bond acceptors (Lipinski definition) is 6. The number of aromatic carboxylic acids is 1. The van der Waals surface area contributed by atoms with Crippen molar-refractivity contribution in [3.8, 4) is 17.6 Å². The molecule has 162 valence electrons. The standard InChI is InChI=1S/C23H17ClN2O6/c1-30-21-10-14(5-7-19(21)31-13-18-6-8-20(32-18)23(28)29)9-15(12-25)22(27)26-17-4-2-3-16(24)11-17/h2-11H,13H2,1H3,(H,26,27)(H,28,29)/b15-9-. The molecular weight excluding hydrogens is 436 g/mol. The molecule has 1 amide bonds. The van der Waals surface area contributed by atoms with Crippen molar-refractivity contribution >= 4 is 35.2 Å². The Balaban J connectivity index is 1.74. The molecule has 0 saturated heterocycles. The Labute approximate surface area is 188 Å². The van der Waals surface area contributed by atoms with Gasteiger partial charge in [0.15, 0.2) is 11.5 Å². The third-order valence-corrected chi connectivity index (χ3v) is 4.42. The van der Waals surface area contributed by atoms with Crippen LogP contribution in [-0.4, -0.2) is 24.1 Å². The Morgan fingerprint density at radius 3 is 2.66 bits per heavy atom. The quantitative estimate of drug-likeness (QED) is 0.373. The number of carbonyl (C=O) groups excluding carboxylic acids is 1. The molecule has 3 rings (SSSR count). The van der Waals surface area contributed by atoms with Gasteiger partial charge in [-0.3, -0.25) is 4.79 Å². The number of carboxylic acid groups (broad SMARTS) is 1. The van der Waals surface area contributed by atoms with E-state index in [0.717, 1.165) is 0 Å². The van der Waals surface area contributed by atoms with Crippen molar-refractivity contribution in [3.05, 3.63) is 82.3 Å². The zero-order chi connectivity index (χ0) is 23.1. The second-order valence-electron chi connectivity index (χ2n) is 6.40.